The van der Waals surface area contributed by atoms with Gasteiger partial charge in [-0.05, 0) is 30.7 Å². The molecule has 112 valence electrons. The Morgan fingerprint density at radius 2 is 1.95 bits per heavy atom. The molecule has 1 aromatic carbocycles. The Morgan fingerprint density at radius 3 is 2.62 bits per heavy atom. The monoisotopic (exact) mass is 291 g/mol. The van der Waals surface area contributed by atoms with Crippen LogP contribution in [0, 0.1) is 6.92 Å². The van der Waals surface area contributed by atoms with Gasteiger partial charge in [0.05, 0.1) is 20.6 Å². The summed E-state index contributed by atoms with van der Waals surface area (Å²) in [6.45, 7) is 1.51. The van der Waals surface area contributed by atoms with Crippen molar-refractivity contribution in [1.82, 2.24) is 4.98 Å². The van der Waals surface area contributed by atoms with E-state index < -0.39 is 11.9 Å². The largest absolute Gasteiger partial charge is 0.497 e. The summed E-state index contributed by atoms with van der Waals surface area (Å²) in [4.78, 5) is 26.0. The van der Waals surface area contributed by atoms with Gasteiger partial charge < -0.3 is 19.2 Å². The molecule has 6 heteroatoms. The lowest BCUT2D eigenvalue weighted by Gasteiger charge is -2.04. The number of benzene rings is 1. The molecule has 21 heavy (non-hydrogen) atoms. The molecular formula is C15H17NO5. The van der Waals surface area contributed by atoms with Crippen molar-refractivity contribution in [3.8, 4) is 5.75 Å². The van der Waals surface area contributed by atoms with Gasteiger partial charge in [-0.3, -0.25) is 4.79 Å². The first-order valence-corrected chi connectivity index (χ1v) is 6.42. The first kappa shape index (κ1) is 14.9. The van der Waals surface area contributed by atoms with E-state index >= 15 is 0 Å². The number of H-pyrrole nitrogens is 1. The smallest absolute Gasteiger partial charge is 0.344 e. The zero-order chi connectivity index (χ0) is 15.4. The molecule has 0 saturated heterocycles. The average Bonchev–Trinajstić information content (AvgIpc) is 2.80. The van der Waals surface area contributed by atoms with Crippen molar-refractivity contribution < 1.29 is 23.8 Å². The Balaban J connectivity index is 2.19. The molecule has 0 aliphatic heterocycles. The summed E-state index contributed by atoms with van der Waals surface area (Å²) >= 11 is 0. The fraction of sp³-hybridized carbons (Fsp3) is 0.333. The van der Waals surface area contributed by atoms with Crippen molar-refractivity contribution >= 4 is 22.8 Å². The second-order valence-corrected chi connectivity index (χ2v) is 4.55. The highest BCUT2D eigenvalue weighted by Gasteiger charge is 2.15. The summed E-state index contributed by atoms with van der Waals surface area (Å²) in [7, 11) is 2.83. The molecular weight excluding hydrogens is 274 g/mol. The number of hydrogen-bond donors (Lipinski definition) is 1. The molecule has 2 aromatic rings. The lowest BCUT2D eigenvalue weighted by atomic mass is 10.1. The predicted octanol–water partition coefficient (Wildman–Crippen LogP) is 1.74. The van der Waals surface area contributed by atoms with Gasteiger partial charge in [-0.15, -0.1) is 0 Å². The van der Waals surface area contributed by atoms with E-state index in [1.807, 2.05) is 25.1 Å². The van der Waals surface area contributed by atoms with E-state index in [4.69, 9.17) is 9.47 Å². The van der Waals surface area contributed by atoms with Gasteiger partial charge in [0.15, 0.2) is 6.61 Å². The van der Waals surface area contributed by atoms with Gasteiger partial charge in [0.2, 0.25) is 0 Å². The SMILES string of the molecule is COC(=O)COC(=O)Cc1c(C)[nH]c2ccc(OC)cc12. The van der Waals surface area contributed by atoms with E-state index in [1.54, 1.807) is 7.11 Å². The molecule has 6 nitrogen and oxygen atoms in total. The molecule has 0 aliphatic rings. The van der Waals surface area contributed by atoms with E-state index in [0.29, 0.717) is 5.75 Å². The van der Waals surface area contributed by atoms with Crippen molar-refractivity contribution in [2.75, 3.05) is 20.8 Å². The maximum absolute atomic E-state index is 11.8. The highest BCUT2D eigenvalue weighted by Crippen LogP contribution is 2.26. The molecule has 0 radical (unpaired) electrons. The Hall–Kier alpha value is -2.50. The van der Waals surface area contributed by atoms with Crippen LogP contribution in [0.5, 0.6) is 5.75 Å². The fourth-order valence-corrected chi connectivity index (χ4v) is 2.11. The lowest BCUT2D eigenvalue weighted by molar-refractivity contribution is -0.156. The summed E-state index contributed by atoms with van der Waals surface area (Å²) in [6.07, 6.45) is 0.0794. The second-order valence-electron chi connectivity index (χ2n) is 4.55. The van der Waals surface area contributed by atoms with E-state index in [-0.39, 0.29) is 13.0 Å². The molecule has 1 N–H and O–H groups in total. The summed E-state index contributed by atoms with van der Waals surface area (Å²) in [5.41, 5.74) is 2.64. The zero-order valence-corrected chi connectivity index (χ0v) is 12.2. The van der Waals surface area contributed by atoms with Crippen LogP contribution in [0.25, 0.3) is 10.9 Å². The maximum atomic E-state index is 11.8. The number of aromatic amines is 1. The quantitative estimate of drug-likeness (QED) is 0.849. The number of esters is 2. The Bertz CT molecular complexity index is 674. The molecule has 1 heterocycles. The first-order valence-electron chi connectivity index (χ1n) is 6.42. The van der Waals surface area contributed by atoms with Crippen LogP contribution in [0.1, 0.15) is 11.3 Å². The lowest BCUT2D eigenvalue weighted by Crippen LogP contribution is -2.16. The Kier molecular flexibility index (Phi) is 4.47. The van der Waals surface area contributed by atoms with Crippen molar-refractivity contribution in [3.05, 3.63) is 29.5 Å². The Labute approximate surface area is 122 Å². The van der Waals surface area contributed by atoms with Crippen LogP contribution < -0.4 is 4.74 Å². The van der Waals surface area contributed by atoms with E-state index in [9.17, 15) is 9.59 Å². The molecule has 0 saturated carbocycles. The van der Waals surface area contributed by atoms with Crippen LogP contribution in [0.4, 0.5) is 0 Å². The summed E-state index contributed by atoms with van der Waals surface area (Å²) in [6, 6.07) is 5.60. The number of carbonyl (C=O) groups excluding carboxylic acids is 2. The highest BCUT2D eigenvalue weighted by atomic mass is 16.6. The second kappa shape index (κ2) is 6.30. The molecule has 0 aliphatic carbocycles. The molecule has 0 unspecified atom stereocenters. The third kappa shape index (κ3) is 3.34. The molecule has 0 fully saturated rings. The van der Waals surface area contributed by atoms with E-state index in [1.165, 1.54) is 7.11 Å². The molecule has 2 rings (SSSR count). The van der Waals surface area contributed by atoms with Crippen molar-refractivity contribution in [2.24, 2.45) is 0 Å². The molecule has 0 atom stereocenters. The minimum absolute atomic E-state index is 0.0794. The summed E-state index contributed by atoms with van der Waals surface area (Å²) in [5, 5.41) is 0.905. The van der Waals surface area contributed by atoms with Gasteiger partial charge in [0.25, 0.3) is 0 Å². The van der Waals surface area contributed by atoms with Crippen molar-refractivity contribution in [1.29, 1.82) is 0 Å². The number of methoxy groups -OCH3 is 2. The standard InChI is InChI=1S/C15H17NO5/c1-9-11(7-14(17)21-8-15(18)20-3)12-6-10(19-2)4-5-13(12)16-9/h4-6,16H,7-8H2,1-3H3. The third-order valence-electron chi connectivity index (χ3n) is 3.23. The van der Waals surface area contributed by atoms with Gasteiger partial charge in [-0.1, -0.05) is 0 Å². The summed E-state index contributed by atoms with van der Waals surface area (Å²) in [5.74, 6) is -0.349. The maximum Gasteiger partial charge on any atom is 0.344 e. The third-order valence-corrected chi connectivity index (χ3v) is 3.23. The number of aromatic nitrogens is 1. The van der Waals surface area contributed by atoms with Crippen LogP contribution in [-0.2, 0) is 25.5 Å². The normalized spacial score (nSPS) is 10.4. The van der Waals surface area contributed by atoms with E-state index in [2.05, 4.69) is 9.72 Å². The number of ether oxygens (including phenoxy) is 3. The number of aryl methyl sites for hydroxylation is 1. The first-order chi connectivity index (χ1) is 10.0. The average molecular weight is 291 g/mol. The number of fused-ring (bicyclic) bond motifs is 1. The summed E-state index contributed by atoms with van der Waals surface area (Å²) < 4.78 is 14.5. The number of hydrogen-bond acceptors (Lipinski definition) is 5. The van der Waals surface area contributed by atoms with Gasteiger partial charge in [0, 0.05) is 16.6 Å². The van der Waals surface area contributed by atoms with Gasteiger partial charge in [-0.2, -0.15) is 0 Å². The highest BCUT2D eigenvalue weighted by molar-refractivity contribution is 5.90. The minimum Gasteiger partial charge on any atom is -0.497 e. The van der Waals surface area contributed by atoms with Gasteiger partial charge >= 0.3 is 11.9 Å². The minimum atomic E-state index is -0.583. The van der Waals surface area contributed by atoms with Gasteiger partial charge in [-0.25, -0.2) is 4.79 Å². The number of nitrogens with one attached hydrogen (secondary N) is 1. The topological polar surface area (TPSA) is 77.6 Å². The van der Waals surface area contributed by atoms with Crippen LogP contribution >= 0.6 is 0 Å². The van der Waals surface area contributed by atoms with Crippen LogP contribution in [0.2, 0.25) is 0 Å². The zero-order valence-electron chi connectivity index (χ0n) is 12.2. The molecule has 0 spiro atoms. The fourth-order valence-electron chi connectivity index (χ4n) is 2.11. The molecule has 1 aromatic heterocycles. The van der Waals surface area contributed by atoms with Crippen LogP contribution in [0.3, 0.4) is 0 Å². The van der Waals surface area contributed by atoms with Crippen LogP contribution in [0.15, 0.2) is 18.2 Å². The molecule has 0 bridgehead atoms. The number of carbonyl (C=O) groups is 2. The van der Waals surface area contributed by atoms with Gasteiger partial charge in [0.1, 0.15) is 5.75 Å². The van der Waals surface area contributed by atoms with E-state index in [0.717, 1.165) is 22.2 Å². The number of rotatable bonds is 5. The predicted molar refractivity (Wildman–Crippen MR) is 76.3 cm³/mol. The Morgan fingerprint density at radius 1 is 1.19 bits per heavy atom. The van der Waals surface area contributed by atoms with Crippen LogP contribution in [-0.4, -0.2) is 37.7 Å². The molecule has 0 amide bonds. The van der Waals surface area contributed by atoms with Crippen molar-refractivity contribution in [2.45, 2.75) is 13.3 Å². The van der Waals surface area contributed by atoms with Crippen molar-refractivity contribution in [3.63, 3.8) is 0 Å².